The summed E-state index contributed by atoms with van der Waals surface area (Å²) in [6, 6.07) is 12.3. The zero-order chi connectivity index (χ0) is 20.3. The number of nitrogens with zero attached hydrogens (tertiary/aromatic N) is 4. The zero-order valence-electron chi connectivity index (χ0n) is 16.2. The number of imidazole rings is 1. The highest BCUT2D eigenvalue weighted by molar-refractivity contribution is 6.00. The van der Waals surface area contributed by atoms with Crippen molar-refractivity contribution in [2.75, 3.05) is 25.5 Å². The SMILES string of the molecule is Cc1nc2ccccc2n1CCCNC(=O)c1cc([N+](=O)[O-])ccc1N(C)C. The van der Waals surface area contributed by atoms with Crippen LogP contribution in [-0.4, -0.2) is 41.0 Å². The molecule has 0 unspecified atom stereocenters. The lowest BCUT2D eigenvalue weighted by molar-refractivity contribution is -0.384. The number of benzene rings is 2. The normalized spacial score (nSPS) is 10.8. The molecule has 146 valence electrons. The second kappa shape index (κ2) is 8.08. The van der Waals surface area contributed by atoms with E-state index in [1.807, 2.05) is 31.2 Å². The Bertz CT molecular complexity index is 1030. The average molecular weight is 381 g/mol. The van der Waals surface area contributed by atoms with Gasteiger partial charge in [-0.05, 0) is 31.5 Å². The summed E-state index contributed by atoms with van der Waals surface area (Å²) in [5.74, 6) is 0.612. The number of para-hydroxylation sites is 2. The fraction of sp³-hybridized carbons (Fsp3) is 0.300. The van der Waals surface area contributed by atoms with Crippen molar-refractivity contribution in [1.29, 1.82) is 0 Å². The summed E-state index contributed by atoms with van der Waals surface area (Å²) in [6.07, 6.45) is 0.721. The molecule has 0 aliphatic heterocycles. The molecule has 3 rings (SSSR count). The van der Waals surface area contributed by atoms with Gasteiger partial charge in [-0.25, -0.2) is 4.98 Å². The summed E-state index contributed by atoms with van der Waals surface area (Å²) in [4.78, 5) is 29.4. The second-order valence-electron chi connectivity index (χ2n) is 6.76. The number of amides is 1. The first kappa shape index (κ1) is 19.3. The van der Waals surface area contributed by atoms with E-state index in [4.69, 9.17) is 0 Å². The van der Waals surface area contributed by atoms with Gasteiger partial charge < -0.3 is 14.8 Å². The van der Waals surface area contributed by atoms with Gasteiger partial charge in [0.25, 0.3) is 11.6 Å². The van der Waals surface area contributed by atoms with Gasteiger partial charge in [0.2, 0.25) is 0 Å². The maximum atomic E-state index is 12.6. The maximum absolute atomic E-state index is 12.6. The summed E-state index contributed by atoms with van der Waals surface area (Å²) in [5, 5.41) is 13.9. The summed E-state index contributed by atoms with van der Waals surface area (Å²) >= 11 is 0. The fourth-order valence-electron chi connectivity index (χ4n) is 3.22. The Morgan fingerprint density at radius 2 is 2.00 bits per heavy atom. The van der Waals surface area contributed by atoms with Crippen molar-refractivity contribution in [3.05, 3.63) is 64.0 Å². The molecule has 0 saturated heterocycles. The molecule has 1 heterocycles. The Balaban J connectivity index is 1.66. The van der Waals surface area contributed by atoms with Crippen LogP contribution in [0.25, 0.3) is 11.0 Å². The van der Waals surface area contributed by atoms with E-state index >= 15 is 0 Å². The predicted molar refractivity (Wildman–Crippen MR) is 109 cm³/mol. The third-order valence-corrected chi connectivity index (χ3v) is 4.61. The summed E-state index contributed by atoms with van der Waals surface area (Å²) in [7, 11) is 3.59. The van der Waals surface area contributed by atoms with E-state index in [-0.39, 0.29) is 11.6 Å². The topological polar surface area (TPSA) is 93.3 Å². The van der Waals surface area contributed by atoms with Crippen molar-refractivity contribution in [3.8, 4) is 0 Å². The van der Waals surface area contributed by atoms with E-state index in [9.17, 15) is 14.9 Å². The number of aromatic nitrogens is 2. The van der Waals surface area contributed by atoms with Crippen LogP contribution in [0.5, 0.6) is 0 Å². The number of nitro groups is 1. The number of rotatable bonds is 7. The van der Waals surface area contributed by atoms with Crippen molar-refractivity contribution in [2.24, 2.45) is 0 Å². The molecule has 8 heteroatoms. The first-order valence-corrected chi connectivity index (χ1v) is 9.04. The highest BCUT2D eigenvalue weighted by Gasteiger charge is 2.17. The van der Waals surface area contributed by atoms with Crippen molar-refractivity contribution in [3.63, 3.8) is 0 Å². The molecule has 0 saturated carbocycles. The van der Waals surface area contributed by atoms with Crippen LogP contribution in [0.4, 0.5) is 11.4 Å². The van der Waals surface area contributed by atoms with E-state index in [1.54, 1.807) is 25.1 Å². The van der Waals surface area contributed by atoms with E-state index in [1.165, 1.54) is 12.1 Å². The zero-order valence-corrected chi connectivity index (χ0v) is 16.2. The first-order chi connectivity index (χ1) is 13.4. The highest BCUT2D eigenvalue weighted by atomic mass is 16.6. The van der Waals surface area contributed by atoms with Crippen LogP contribution >= 0.6 is 0 Å². The minimum absolute atomic E-state index is 0.101. The lowest BCUT2D eigenvalue weighted by Crippen LogP contribution is -2.27. The van der Waals surface area contributed by atoms with E-state index in [0.717, 1.165) is 29.8 Å². The number of hydrogen-bond donors (Lipinski definition) is 1. The molecule has 0 atom stereocenters. The molecule has 0 fully saturated rings. The number of anilines is 1. The van der Waals surface area contributed by atoms with Gasteiger partial charge in [-0.1, -0.05) is 12.1 Å². The van der Waals surface area contributed by atoms with Gasteiger partial charge >= 0.3 is 0 Å². The van der Waals surface area contributed by atoms with E-state index < -0.39 is 4.92 Å². The molecule has 0 radical (unpaired) electrons. The van der Waals surface area contributed by atoms with Crippen LogP contribution in [0.2, 0.25) is 0 Å². The van der Waals surface area contributed by atoms with Crippen molar-refractivity contribution >= 4 is 28.3 Å². The Morgan fingerprint density at radius 1 is 1.25 bits per heavy atom. The summed E-state index contributed by atoms with van der Waals surface area (Å²) in [5.41, 5.74) is 2.86. The second-order valence-corrected chi connectivity index (χ2v) is 6.76. The molecular weight excluding hydrogens is 358 g/mol. The molecule has 0 aliphatic carbocycles. The summed E-state index contributed by atoms with van der Waals surface area (Å²) in [6.45, 7) is 3.15. The van der Waals surface area contributed by atoms with E-state index in [2.05, 4.69) is 14.9 Å². The Morgan fingerprint density at radius 3 is 2.71 bits per heavy atom. The van der Waals surface area contributed by atoms with Crippen LogP contribution in [0.15, 0.2) is 42.5 Å². The number of non-ortho nitro benzene ring substituents is 1. The molecule has 1 amide bonds. The van der Waals surface area contributed by atoms with Gasteiger partial charge in [-0.3, -0.25) is 14.9 Å². The lowest BCUT2D eigenvalue weighted by atomic mass is 10.1. The molecule has 1 aromatic heterocycles. The quantitative estimate of drug-likeness (QED) is 0.385. The third kappa shape index (κ3) is 3.95. The molecule has 0 aliphatic rings. The Kier molecular flexibility index (Phi) is 5.58. The molecule has 1 N–H and O–H groups in total. The number of hydrogen-bond acceptors (Lipinski definition) is 5. The van der Waals surface area contributed by atoms with E-state index in [0.29, 0.717) is 17.8 Å². The minimum atomic E-state index is -0.497. The highest BCUT2D eigenvalue weighted by Crippen LogP contribution is 2.24. The predicted octanol–water partition coefficient (Wildman–Crippen LogP) is 3.14. The third-order valence-electron chi connectivity index (χ3n) is 4.61. The number of carbonyl (C=O) groups is 1. The largest absolute Gasteiger partial charge is 0.377 e. The fourth-order valence-corrected chi connectivity index (χ4v) is 3.22. The number of carbonyl (C=O) groups excluding carboxylic acids is 1. The van der Waals surface area contributed by atoms with Crippen molar-refractivity contribution < 1.29 is 9.72 Å². The minimum Gasteiger partial charge on any atom is -0.377 e. The van der Waals surface area contributed by atoms with Crippen LogP contribution in [0.1, 0.15) is 22.6 Å². The molecule has 3 aromatic rings. The standard InChI is InChI=1S/C20H23N5O3/c1-14-22-17-7-4-5-8-19(17)24(14)12-6-11-21-20(26)16-13-15(25(27)28)9-10-18(16)23(2)3/h4-5,7-10,13H,6,11-12H2,1-3H3,(H,21,26). The number of nitrogens with one attached hydrogen (secondary N) is 1. The first-order valence-electron chi connectivity index (χ1n) is 9.04. The Hall–Kier alpha value is -3.42. The van der Waals surface area contributed by atoms with Gasteiger partial charge in [-0.2, -0.15) is 0 Å². The average Bonchev–Trinajstić information content (AvgIpc) is 2.99. The van der Waals surface area contributed by atoms with Crippen LogP contribution in [0, 0.1) is 17.0 Å². The molecule has 0 bridgehead atoms. The van der Waals surface area contributed by atoms with Gasteiger partial charge in [0.15, 0.2) is 0 Å². The molecule has 2 aromatic carbocycles. The number of fused-ring (bicyclic) bond motifs is 1. The lowest BCUT2D eigenvalue weighted by Gasteiger charge is -2.17. The van der Waals surface area contributed by atoms with Gasteiger partial charge in [-0.15, -0.1) is 0 Å². The molecule has 8 nitrogen and oxygen atoms in total. The molecule has 28 heavy (non-hydrogen) atoms. The number of aryl methyl sites for hydroxylation is 2. The Labute approximate surface area is 162 Å². The molecular formula is C20H23N5O3. The summed E-state index contributed by atoms with van der Waals surface area (Å²) < 4.78 is 2.13. The molecule has 0 spiro atoms. The van der Waals surface area contributed by atoms with Crippen LogP contribution in [0.3, 0.4) is 0 Å². The van der Waals surface area contributed by atoms with Gasteiger partial charge in [0.05, 0.1) is 21.5 Å². The van der Waals surface area contributed by atoms with Gasteiger partial charge in [0.1, 0.15) is 5.82 Å². The van der Waals surface area contributed by atoms with Crippen molar-refractivity contribution in [2.45, 2.75) is 19.9 Å². The maximum Gasteiger partial charge on any atom is 0.270 e. The van der Waals surface area contributed by atoms with Crippen LogP contribution < -0.4 is 10.2 Å². The number of nitro benzene ring substituents is 1. The monoisotopic (exact) mass is 381 g/mol. The van der Waals surface area contributed by atoms with Gasteiger partial charge in [0, 0.05) is 45.0 Å². The van der Waals surface area contributed by atoms with Crippen molar-refractivity contribution in [1.82, 2.24) is 14.9 Å². The smallest absolute Gasteiger partial charge is 0.270 e. The van der Waals surface area contributed by atoms with Crippen LogP contribution in [-0.2, 0) is 6.54 Å².